The van der Waals surface area contributed by atoms with E-state index >= 15 is 0 Å². The fourth-order valence-electron chi connectivity index (χ4n) is 4.64. The third kappa shape index (κ3) is 5.67. The van der Waals surface area contributed by atoms with Gasteiger partial charge in [-0.1, -0.05) is 12.1 Å². The minimum Gasteiger partial charge on any atom is -0.369 e. The molecule has 2 aromatic rings. The third-order valence-corrected chi connectivity index (χ3v) is 6.72. The summed E-state index contributed by atoms with van der Waals surface area (Å²) in [6.45, 7) is 3.61. The molecule has 2 aliphatic rings. The number of halogens is 3. The SMILES string of the molecule is CN1CCN(c2ccc(NC(=O)C3CCN(c4ccccc4[N+](=O)[O-])CC3)c(C(F)(F)F)c2)CC1. The van der Waals surface area contributed by atoms with E-state index in [4.69, 9.17) is 0 Å². The van der Waals surface area contributed by atoms with Gasteiger partial charge in [0.1, 0.15) is 5.69 Å². The number of hydrogen-bond donors (Lipinski definition) is 1. The van der Waals surface area contributed by atoms with Gasteiger partial charge in [0.2, 0.25) is 5.91 Å². The second-order valence-corrected chi connectivity index (χ2v) is 9.01. The molecule has 0 unspecified atom stereocenters. The lowest BCUT2D eigenvalue weighted by Gasteiger charge is -2.34. The summed E-state index contributed by atoms with van der Waals surface area (Å²) in [5.41, 5.74) is -0.150. The van der Waals surface area contributed by atoms with Crippen LogP contribution in [0.3, 0.4) is 0 Å². The number of alkyl halides is 3. The standard InChI is InChI=1S/C24H28F3N5O3/c1-29-12-14-30(15-13-29)18-6-7-20(19(16-18)24(25,26)27)28-23(33)17-8-10-31(11-9-17)21-4-2-3-5-22(21)32(34)35/h2-7,16-17H,8-15H2,1H3,(H,28,33). The van der Waals surface area contributed by atoms with Crippen LogP contribution in [0.1, 0.15) is 18.4 Å². The molecule has 188 valence electrons. The van der Waals surface area contributed by atoms with Crippen LogP contribution in [0.5, 0.6) is 0 Å². The van der Waals surface area contributed by atoms with Crippen LogP contribution in [0.25, 0.3) is 0 Å². The first-order valence-corrected chi connectivity index (χ1v) is 11.6. The molecule has 2 heterocycles. The molecule has 8 nitrogen and oxygen atoms in total. The van der Waals surface area contributed by atoms with Gasteiger partial charge in [-0.2, -0.15) is 13.2 Å². The van der Waals surface area contributed by atoms with E-state index in [1.165, 1.54) is 12.1 Å². The summed E-state index contributed by atoms with van der Waals surface area (Å²) < 4.78 is 41.6. The first-order chi connectivity index (χ1) is 16.6. The largest absolute Gasteiger partial charge is 0.418 e. The monoisotopic (exact) mass is 491 g/mol. The molecule has 0 bridgehead atoms. The maximum Gasteiger partial charge on any atom is 0.418 e. The number of nitro benzene ring substituents is 1. The number of nitro groups is 1. The molecule has 0 aliphatic carbocycles. The van der Waals surface area contributed by atoms with Crippen LogP contribution in [-0.4, -0.2) is 62.0 Å². The van der Waals surface area contributed by atoms with Gasteiger partial charge in [0.05, 0.1) is 16.2 Å². The number of carbonyl (C=O) groups excluding carboxylic acids is 1. The first-order valence-electron chi connectivity index (χ1n) is 11.6. The van der Waals surface area contributed by atoms with Crippen molar-refractivity contribution in [1.82, 2.24) is 4.90 Å². The van der Waals surface area contributed by atoms with E-state index in [1.807, 2.05) is 16.8 Å². The van der Waals surface area contributed by atoms with Crippen molar-refractivity contribution in [2.24, 2.45) is 5.92 Å². The Bertz CT molecular complexity index is 1080. The number of para-hydroxylation sites is 2. The smallest absolute Gasteiger partial charge is 0.369 e. The predicted molar refractivity (Wildman–Crippen MR) is 128 cm³/mol. The lowest BCUT2D eigenvalue weighted by molar-refractivity contribution is -0.384. The molecule has 1 amide bonds. The fourth-order valence-corrected chi connectivity index (χ4v) is 4.64. The van der Waals surface area contributed by atoms with E-state index in [0.717, 1.165) is 19.2 Å². The summed E-state index contributed by atoms with van der Waals surface area (Å²) in [5.74, 6) is -0.947. The maximum absolute atomic E-state index is 13.9. The molecular formula is C24H28F3N5O3. The molecule has 4 rings (SSSR count). The quantitative estimate of drug-likeness (QED) is 0.498. The van der Waals surface area contributed by atoms with E-state index in [0.29, 0.717) is 50.4 Å². The minimum atomic E-state index is -4.61. The van der Waals surface area contributed by atoms with Crippen molar-refractivity contribution in [3.63, 3.8) is 0 Å². The Labute approximate surface area is 201 Å². The summed E-state index contributed by atoms with van der Waals surface area (Å²) in [7, 11) is 1.97. The molecule has 0 atom stereocenters. The van der Waals surface area contributed by atoms with Crippen molar-refractivity contribution in [3.8, 4) is 0 Å². The Morgan fingerprint density at radius 3 is 2.29 bits per heavy atom. The van der Waals surface area contributed by atoms with Crippen LogP contribution in [0.15, 0.2) is 42.5 Å². The van der Waals surface area contributed by atoms with Gasteiger partial charge in [0.15, 0.2) is 0 Å². The van der Waals surface area contributed by atoms with E-state index in [-0.39, 0.29) is 11.4 Å². The highest BCUT2D eigenvalue weighted by Gasteiger charge is 2.36. The maximum atomic E-state index is 13.9. The number of nitrogens with one attached hydrogen (secondary N) is 1. The second kappa shape index (κ2) is 10.1. The van der Waals surface area contributed by atoms with Crippen LogP contribution in [0, 0.1) is 16.0 Å². The number of piperazine rings is 1. The van der Waals surface area contributed by atoms with Crippen molar-refractivity contribution < 1.29 is 22.9 Å². The average molecular weight is 492 g/mol. The number of carbonyl (C=O) groups is 1. The Morgan fingerprint density at radius 2 is 1.66 bits per heavy atom. The van der Waals surface area contributed by atoms with Crippen LogP contribution in [0.4, 0.5) is 35.9 Å². The van der Waals surface area contributed by atoms with Crippen molar-refractivity contribution in [1.29, 1.82) is 0 Å². The Morgan fingerprint density at radius 1 is 1.00 bits per heavy atom. The highest BCUT2D eigenvalue weighted by atomic mass is 19.4. The molecular weight excluding hydrogens is 463 g/mol. The van der Waals surface area contributed by atoms with E-state index in [1.54, 1.807) is 24.3 Å². The molecule has 1 N–H and O–H groups in total. The van der Waals surface area contributed by atoms with Crippen molar-refractivity contribution >= 4 is 28.7 Å². The zero-order chi connectivity index (χ0) is 25.2. The van der Waals surface area contributed by atoms with Gasteiger partial charge in [0, 0.05) is 56.9 Å². The number of likely N-dealkylation sites (N-methyl/N-ethyl adjacent to an activating group) is 1. The Balaban J connectivity index is 1.44. The lowest BCUT2D eigenvalue weighted by Crippen LogP contribution is -2.44. The summed E-state index contributed by atoms with van der Waals surface area (Å²) in [5, 5.41) is 13.8. The minimum absolute atomic E-state index is 0.00865. The van der Waals surface area contributed by atoms with E-state index in [2.05, 4.69) is 10.2 Å². The number of anilines is 3. The number of piperidine rings is 1. The van der Waals surface area contributed by atoms with Crippen LogP contribution in [-0.2, 0) is 11.0 Å². The van der Waals surface area contributed by atoms with Gasteiger partial charge in [-0.3, -0.25) is 14.9 Å². The van der Waals surface area contributed by atoms with Gasteiger partial charge < -0.3 is 20.0 Å². The zero-order valence-corrected chi connectivity index (χ0v) is 19.4. The molecule has 0 aromatic heterocycles. The predicted octanol–water partition coefficient (Wildman–Crippen LogP) is 4.22. The highest BCUT2D eigenvalue weighted by molar-refractivity contribution is 5.94. The van der Waals surface area contributed by atoms with Gasteiger partial charge >= 0.3 is 6.18 Å². The summed E-state index contributed by atoms with van der Waals surface area (Å²) in [6, 6.07) is 10.5. The number of amides is 1. The Hall–Kier alpha value is -3.34. The molecule has 0 spiro atoms. The molecule has 2 aliphatic heterocycles. The van der Waals surface area contributed by atoms with Gasteiger partial charge in [0.25, 0.3) is 5.69 Å². The van der Waals surface area contributed by atoms with Crippen LogP contribution >= 0.6 is 0 Å². The second-order valence-electron chi connectivity index (χ2n) is 9.01. The van der Waals surface area contributed by atoms with E-state index < -0.39 is 28.5 Å². The fraction of sp³-hybridized carbons (Fsp3) is 0.458. The van der Waals surface area contributed by atoms with Crippen molar-refractivity contribution in [2.45, 2.75) is 19.0 Å². The topological polar surface area (TPSA) is 82.0 Å². The molecule has 11 heteroatoms. The van der Waals surface area contributed by atoms with E-state index in [9.17, 15) is 28.1 Å². The molecule has 2 aromatic carbocycles. The first kappa shape index (κ1) is 24.8. The Kier molecular flexibility index (Phi) is 7.15. The number of nitrogens with zero attached hydrogens (tertiary/aromatic N) is 4. The number of rotatable bonds is 5. The molecule has 0 radical (unpaired) electrons. The molecule has 35 heavy (non-hydrogen) atoms. The van der Waals surface area contributed by atoms with Crippen LogP contribution in [0.2, 0.25) is 0 Å². The number of benzene rings is 2. The van der Waals surface area contributed by atoms with Crippen molar-refractivity contribution in [2.75, 3.05) is 61.4 Å². The zero-order valence-electron chi connectivity index (χ0n) is 19.4. The number of hydrogen-bond acceptors (Lipinski definition) is 6. The lowest BCUT2D eigenvalue weighted by atomic mass is 9.95. The molecule has 0 saturated carbocycles. The summed E-state index contributed by atoms with van der Waals surface area (Å²) in [6.07, 6.45) is -3.84. The van der Waals surface area contributed by atoms with Gasteiger partial charge in [-0.05, 0) is 44.2 Å². The van der Waals surface area contributed by atoms with Crippen LogP contribution < -0.4 is 15.1 Å². The van der Waals surface area contributed by atoms with Gasteiger partial charge in [-0.25, -0.2) is 0 Å². The van der Waals surface area contributed by atoms with Crippen molar-refractivity contribution in [3.05, 3.63) is 58.1 Å². The molecule has 2 fully saturated rings. The van der Waals surface area contributed by atoms with Gasteiger partial charge in [-0.15, -0.1) is 0 Å². The normalized spacial score (nSPS) is 17.9. The molecule has 2 saturated heterocycles. The third-order valence-electron chi connectivity index (χ3n) is 6.72. The average Bonchev–Trinajstić information content (AvgIpc) is 2.84. The summed E-state index contributed by atoms with van der Waals surface area (Å²) in [4.78, 5) is 29.6. The summed E-state index contributed by atoms with van der Waals surface area (Å²) >= 11 is 0. The highest BCUT2D eigenvalue weighted by Crippen LogP contribution is 2.38.